The molecule has 2 rings (SSSR count). The van der Waals surface area contributed by atoms with E-state index in [9.17, 15) is 9.59 Å². The van der Waals surface area contributed by atoms with Gasteiger partial charge in [0, 0.05) is 6.54 Å². The smallest absolute Gasteiger partial charge is 0.317 e. The van der Waals surface area contributed by atoms with Gasteiger partial charge in [-0.2, -0.15) is 0 Å². The lowest BCUT2D eigenvalue weighted by Gasteiger charge is -2.30. The van der Waals surface area contributed by atoms with Crippen LogP contribution in [-0.4, -0.2) is 48.1 Å². The van der Waals surface area contributed by atoms with Crippen LogP contribution in [0.25, 0.3) is 0 Å². The van der Waals surface area contributed by atoms with Crippen molar-refractivity contribution >= 4 is 11.9 Å². The predicted molar refractivity (Wildman–Crippen MR) is 72.1 cm³/mol. The maximum absolute atomic E-state index is 11.0. The van der Waals surface area contributed by atoms with E-state index >= 15 is 0 Å². The van der Waals surface area contributed by atoms with Gasteiger partial charge in [0.1, 0.15) is 0 Å². The van der Waals surface area contributed by atoms with E-state index in [0.29, 0.717) is 13.2 Å². The molecule has 1 aromatic rings. The van der Waals surface area contributed by atoms with Crippen LogP contribution in [-0.2, 0) is 20.7 Å². The molecule has 1 aromatic carbocycles. The van der Waals surface area contributed by atoms with Gasteiger partial charge in [-0.15, -0.1) is 0 Å². The number of rotatable bonds is 6. The zero-order valence-electron chi connectivity index (χ0n) is 11.1. The Kier molecular flexibility index (Phi) is 4.70. The summed E-state index contributed by atoms with van der Waals surface area (Å²) in [6.07, 6.45) is 0.625. The Morgan fingerprint density at radius 1 is 1.35 bits per heavy atom. The Hall–Kier alpha value is -1.92. The van der Waals surface area contributed by atoms with E-state index in [2.05, 4.69) is 0 Å². The number of hydrogen-bond donors (Lipinski definition) is 2. The summed E-state index contributed by atoms with van der Waals surface area (Å²) in [6, 6.07) is 7.92. The number of hydrogen-bond acceptors (Lipinski definition) is 4. The van der Waals surface area contributed by atoms with Crippen LogP contribution in [0.15, 0.2) is 24.3 Å². The third-order valence-electron chi connectivity index (χ3n) is 3.25. The fourth-order valence-corrected chi connectivity index (χ4v) is 2.46. The summed E-state index contributed by atoms with van der Waals surface area (Å²) in [7, 11) is 0. The first kappa shape index (κ1) is 14.5. The highest BCUT2D eigenvalue weighted by molar-refractivity contribution is 5.77. The van der Waals surface area contributed by atoms with Crippen molar-refractivity contribution in [3.8, 4) is 0 Å². The number of aliphatic carboxylic acids is 1. The van der Waals surface area contributed by atoms with Crippen molar-refractivity contribution in [2.45, 2.75) is 12.5 Å². The van der Waals surface area contributed by atoms with Gasteiger partial charge in [-0.25, -0.2) is 0 Å². The molecule has 1 unspecified atom stereocenters. The molecule has 6 heteroatoms. The van der Waals surface area contributed by atoms with Gasteiger partial charge < -0.3 is 15.6 Å². The van der Waals surface area contributed by atoms with E-state index in [1.165, 1.54) is 10.5 Å². The molecule has 1 aliphatic rings. The van der Waals surface area contributed by atoms with Crippen molar-refractivity contribution in [1.29, 1.82) is 0 Å². The van der Waals surface area contributed by atoms with Crippen molar-refractivity contribution in [1.82, 2.24) is 4.90 Å². The second kappa shape index (κ2) is 6.49. The van der Waals surface area contributed by atoms with Gasteiger partial charge in [-0.3, -0.25) is 14.5 Å². The van der Waals surface area contributed by atoms with Crippen LogP contribution in [0.4, 0.5) is 0 Å². The van der Waals surface area contributed by atoms with Crippen molar-refractivity contribution in [3.63, 3.8) is 0 Å². The van der Waals surface area contributed by atoms with Crippen LogP contribution in [0.5, 0.6) is 0 Å². The summed E-state index contributed by atoms with van der Waals surface area (Å²) in [5.41, 5.74) is 7.42. The summed E-state index contributed by atoms with van der Waals surface area (Å²) in [4.78, 5) is 23.4. The Balaban J connectivity index is 2.10. The largest absolute Gasteiger partial charge is 0.480 e. The summed E-state index contributed by atoms with van der Waals surface area (Å²) < 4.78 is 5.71. The molecule has 3 N–H and O–H groups in total. The van der Waals surface area contributed by atoms with Crippen molar-refractivity contribution in [3.05, 3.63) is 35.4 Å². The van der Waals surface area contributed by atoms with E-state index in [1.54, 1.807) is 0 Å². The standard InChI is InChI=1S/C14H18N2O4/c15-13(17)8-16(9-14(18)19)7-12-11-4-2-1-3-10(11)5-6-20-12/h1-4,12H,5-9H2,(H2,15,17)(H,18,19). The molecule has 20 heavy (non-hydrogen) atoms. The van der Waals surface area contributed by atoms with Crippen LogP contribution in [0.3, 0.4) is 0 Å². The van der Waals surface area contributed by atoms with Crippen LogP contribution in [0, 0.1) is 0 Å². The lowest BCUT2D eigenvalue weighted by molar-refractivity contribution is -0.139. The molecule has 0 spiro atoms. The maximum Gasteiger partial charge on any atom is 0.317 e. The molecule has 1 heterocycles. The molecule has 0 saturated heterocycles. The molecule has 0 aromatic heterocycles. The normalized spacial score (nSPS) is 17.8. The van der Waals surface area contributed by atoms with Crippen molar-refractivity contribution in [2.75, 3.05) is 26.2 Å². The van der Waals surface area contributed by atoms with E-state index in [0.717, 1.165) is 12.0 Å². The second-order valence-electron chi connectivity index (χ2n) is 4.84. The van der Waals surface area contributed by atoms with E-state index in [4.69, 9.17) is 15.6 Å². The number of ether oxygens (including phenoxy) is 1. The van der Waals surface area contributed by atoms with Crippen LogP contribution < -0.4 is 5.73 Å². The number of benzene rings is 1. The van der Waals surface area contributed by atoms with Crippen molar-refractivity contribution < 1.29 is 19.4 Å². The summed E-state index contributed by atoms with van der Waals surface area (Å²) in [6.45, 7) is 0.616. The molecule has 0 fully saturated rings. The fraction of sp³-hybridized carbons (Fsp3) is 0.429. The van der Waals surface area contributed by atoms with Crippen molar-refractivity contribution in [2.24, 2.45) is 5.73 Å². The molecule has 0 bridgehead atoms. The van der Waals surface area contributed by atoms with Gasteiger partial charge in [-0.05, 0) is 17.5 Å². The minimum Gasteiger partial charge on any atom is -0.480 e. The number of carbonyl (C=O) groups excluding carboxylic acids is 1. The first-order chi connectivity index (χ1) is 9.56. The molecule has 0 radical (unpaired) electrons. The zero-order chi connectivity index (χ0) is 14.5. The lowest BCUT2D eigenvalue weighted by Crippen LogP contribution is -2.40. The molecular formula is C14H18N2O4. The molecular weight excluding hydrogens is 260 g/mol. The SMILES string of the molecule is NC(=O)CN(CC(=O)O)CC1OCCc2ccccc21. The Morgan fingerprint density at radius 3 is 2.80 bits per heavy atom. The van der Waals surface area contributed by atoms with E-state index in [-0.39, 0.29) is 19.2 Å². The number of fused-ring (bicyclic) bond motifs is 1. The number of nitrogens with two attached hydrogens (primary N) is 1. The monoisotopic (exact) mass is 278 g/mol. The van der Waals surface area contributed by atoms with Gasteiger partial charge >= 0.3 is 5.97 Å². The van der Waals surface area contributed by atoms with Gasteiger partial charge in [0.05, 0.1) is 25.8 Å². The zero-order valence-corrected chi connectivity index (χ0v) is 11.1. The number of primary amides is 1. The molecule has 1 amide bonds. The highest BCUT2D eigenvalue weighted by Crippen LogP contribution is 2.27. The minimum atomic E-state index is -0.990. The molecule has 1 atom stereocenters. The Morgan fingerprint density at radius 2 is 2.10 bits per heavy atom. The van der Waals surface area contributed by atoms with E-state index in [1.807, 2.05) is 24.3 Å². The fourth-order valence-electron chi connectivity index (χ4n) is 2.46. The van der Waals surface area contributed by atoms with Gasteiger partial charge in [0.2, 0.25) is 5.91 Å². The first-order valence-corrected chi connectivity index (χ1v) is 6.48. The molecule has 6 nitrogen and oxygen atoms in total. The number of carboxylic acids is 1. The average molecular weight is 278 g/mol. The molecule has 108 valence electrons. The van der Waals surface area contributed by atoms with Crippen LogP contribution in [0.2, 0.25) is 0 Å². The third kappa shape index (κ3) is 3.79. The van der Waals surface area contributed by atoms with Crippen LogP contribution in [0.1, 0.15) is 17.2 Å². The number of nitrogens with zero attached hydrogens (tertiary/aromatic N) is 1. The number of amides is 1. The third-order valence-corrected chi connectivity index (χ3v) is 3.25. The summed E-state index contributed by atoms with van der Waals surface area (Å²) in [5, 5.41) is 8.89. The minimum absolute atomic E-state index is 0.0890. The molecule has 0 saturated carbocycles. The van der Waals surface area contributed by atoms with Crippen LogP contribution >= 0.6 is 0 Å². The summed E-state index contributed by atoms with van der Waals surface area (Å²) >= 11 is 0. The topological polar surface area (TPSA) is 92.9 Å². The maximum atomic E-state index is 11.0. The lowest BCUT2D eigenvalue weighted by atomic mass is 9.97. The molecule has 1 aliphatic heterocycles. The second-order valence-corrected chi connectivity index (χ2v) is 4.84. The average Bonchev–Trinajstić information content (AvgIpc) is 2.37. The molecule has 0 aliphatic carbocycles. The predicted octanol–water partition coefficient (Wildman–Crippen LogP) is 0.172. The van der Waals surface area contributed by atoms with E-state index < -0.39 is 11.9 Å². The summed E-state index contributed by atoms with van der Waals surface area (Å²) in [5.74, 6) is -1.54. The Bertz CT molecular complexity index is 488. The number of carboxylic acid groups (broad SMARTS) is 1. The first-order valence-electron chi connectivity index (χ1n) is 6.48. The van der Waals surface area contributed by atoms with Gasteiger partial charge in [0.25, 0.3) is 0 Å². The number of carbonyl (C=O) groups is 2. The Labute approximate surface area is 117 Å². The van der Waals surface area contributed by atoms with Gasteiger partial charge in [-0.1, -0.05) is 24.3 Å². The highest BCUT2D eigenvalue weighted by Gasteiger charge is 2.24. The quantitative estimate of drug-likeness (QED) is 0.774. The van der Waals surface area contributed by atoms with Gasteiger partial charge in [0.15, 0.2) is 0 Å². The highest BCUT2D eigenvalue weighted by atomic mass is 16.5.